The van der Waals surface area contributed by atoms with Crippen LogP contribution in [0.4, 0.5) is 4.39 Å². The van der Waals surface area contributed by atoms with Crippen LogP contribution >= 0.6 is 11.6 Å². The molecule has 2 aromatic rings. The number of benzene rings is 2. The average Bonchev–Trinajstić information content (AvgIpc) is 2.48. The molecule has 0 aliphatic carbocycles. The van der Waals surface area contributed by atoms with Crippen molar-refractivity contribution in [3.63, 3.8) is 0 Å². The Bertz CT molecular complexity index is 750. The molecule has 0 atom stereocenters. The third-order valence-electron chi connectivity index (χ3n) is 2.84. The smallest absolute Gasteiger partial charge is 0.240 e. The van der Waals surface area contributed by atoms with Crippen LogP contribution in [0.1, 0.15) is 11.1 Å². The maximum atomic E-state index is 13.0. The van der Waals surface area contributed by atoms with Crippen LogP contribution in [0.15, 0.2) is 47.4 Å². The molecule has 0 fully saturated rings. The molecule has 0 aromatic heterocycles. The molecule has 0 radical (unpaired) electrons. The Labute approximate surface area is 127 Å². The summed E-state index contributed by atoms with van der Waals surface area (Å²) in [6, 6.07) is 9.99. The zero-order valence-corrected chi connectivity index (χ0v) is 12.5. The monoisotopic (exact) mass is 329 g/mol. The summed E-state index contributed by atoms with van der Waals surface area (Å²) < 4.78 is 39.7. The lowest BCUT2D eigenvalue weighted by atomic mass is 10.2. The van der Waals surface area contributed by atoms with Gasteiger partial charge in [0, 0.05) is 6.54 Å². The van der Waals surface area contributed by atoms with Gasteiger partial charge < -0.3 is 5.11 Å². The second kappa shape index (κ2) is 6.53. The van der Waals surface area contributed by atoms with Gasteiger partial charge in [0.25, 0.3) is 0 Å². The van der Waals surface area contributed by atoms with Crippen LogP contribution in [-0.4, -0.2) is 13.5 Å². The van der Waals surface area contributed by atoms with Gasteiger partial charge in [-0.3, -0.25) is 0 Å². The molecule has 0 bridgehead atoms. The number of aliphatic hydroxyl groups is 1. The summed E-state index contributed by atoms with van der Waals surface area (Å²) in [4.78, 5) is 0.0576. The standard InChI is InChI=1S/C14H13ClFNO3S/c15-13-7-10(4-5-14(13)16)8-17-21(19,20)12-3-1-2-11(6-12)9-18/h1-7,17-18H,8-9H2. The Morgan fingerprint density at radius 2 is 1.90 bits per heavy atom. The second-order valence-electron chi connectivity index (χ2n) is 4.38. The van der Waals surface area contributed by atoms with Crippen molar-refractivity contribution < 1.29 is 17.9 Å². The average molecular weight is 330 g/mol. The lowest BCUT2D eigenvalue weighted by molar-refractivity contribution is 0.281. The Balaban J connectivity index is 2.15. The molecule has 2 aromatic carbocycles. The first-order valence-corrected chi connectivity index (χ1v) is 7.92. The number of aliphatic hydroxyl groups excluding tert-OH is 1. The van der Waals surface area contributed by atoms with E-state index in [1.165, 1.54) is 30.3 Å². The second-order valence-corrected chi connectivity index (χ2v) is 6.55. The van der Waals surface area contributed by atoms with Crippen molar-refractivity contribution in [3.05, 3.63) is 64.4 Å². The molecule has 0 amide bonds. The molecule has 0 aliphatic rings. The summed E-state index contributed by atoms with van der Waals surface area (Å²) in [5.41, 5.74) is 1.05. The molecule has 21 heavy (non-hydrogen) atoms. The molecule has 0 spiro atoms. The maximum absolute atomic E-state index is 13.0. The molecule has 0 saturated carbocycles. The van der Waals surface area contributed by atoms with Crippen LogP contribution in [0, 0.1) is 5.82 Å². The molecule has 2 N–H and O–H groups in total. The molecule has 0 aliphatic heterocycles. The van der Waals surface area contributed by atoms with E-state index in [2.05, 4.69) is 4.72 Å². The molecule has 112 valence electrons. The minimum Gasteiger partial charge on any atom is -0.392 e. The van der Waals surface area contributed by atoms with Gasteiger partial charge in [-0.05, 0) is 35.4 Å². The first-order chi connectivity index (χ1) is 9.92. The van der Waals surface area contributed by atoms with Gasteiger partial charge in [0.1, 0.15) is 5.82 Å². The number of rotatable bonds is 5. The van der Waals surface area contributed by atoms with Gasteiger partial charge in [-0.2, -0.15) is 0 Å². The van der Waals surface area contributed by atoms with Crippen LogP contribution in [0.2, 0.25) is 5.02 Å². The molecular formula is C14H13ClFNO3S. The quantitative estimate of drug-likeness (QED) is 0.885. The van der Waals surface area contributed by atoms with Crippen LogP contribution < -0.4 is 4.72 Å². The first-order valence-electron chi connectivity index (χ1n) is 6.06. The minimum absolute atomic E-state index is 0.00825. The van der Waals surface area contributed by atoms with Crippen molar-refractivity contribution in [1.82, 2.24) is 4.72 Å². The van der Waals surface area contributed by atoms with Crippen molar-refractivity contribution in [1.29, 1.82) is 0 Å². The van der Waals surface area contributed by atoms with Gasteiger partial charge in [0.05, 0.1) is 16.5 Å². The van der Waals surface area contributed by atoms with Gasteiger partial charge in [-0.25, -0.2) is 17.5 Å². The molecule has 4 nitrogen and oxygen atoms in total. The fourth-order valence-electron chi connectivity index (χ4n) is 1.72. The van der Waals surface area contributed by atoms with E-state index in [9.17, 15) is 12.8 Å². The van der Waals surface area contributed by atoms with Crippen molar-refractivity contribution in [2.75, 3.05) is 0 Å². The Hall–Kier alpha value is -1.47. The maximum Gasteiger partial charge on any atom is 0.240 e. The van der Waals surface area contributed by atoms with Crippen molar-refractivity contribution in [2.24, 2.45) is 0 Å². The van der Waals surface area contributed by atoms with Crippen LogP contribution in [0.3, 0.4) is 0 Å². The van der Waals surface area contributed by atoms with E-state index in [1.54, 1.807) is 12.1 Å². The highest BCUT2D eigenvalue weighted by Gasteiger charge is 2.14. The van der Waals surface area contributed by atoms with Crippen LogP contribution in [-0.2, 0) is 23.2 Å². The molecule has 0 saturated heterocycles. The number of nitrogens with one attached hydrogen (secondary N) is 1. The predicted octanol–water partition coefficient (Wildman–Crippen LogP) is 2.45. The van der Waals surface area contributed by atoms with Crippen molar-refractivity contribution in [3.8, 4) is 0 Å². The van der Waals surface area contributed by atoms with Gasteiger partial charge in [0.15, 0.2) is 0 Å². The first kappa shape index (κ1) is 15.9. The largest absolute Gasteiger partial charge is 0.392 e. The van der Waals surface area contributed by atoms with E-state index in [0.29, 0.717) is 11.1 Å². The summed E-state index contributed by atoms with van der Waals surface area (Å²) in [5.74, 6) is -0.557. The van der Waals surface area contributed by atoms with E-state index in [0.717, 1.165) is 0 Å². The summed E-state index contributed by atoms with van der Waals surface area (Å²) in [6.07, 6.45) is 0. The summed E-state index contributed by atoms with van der Waals surface area (Å²) in [5, 5.41) is 8.97. The number of hydrogen-bond acceptors (Lipinski definition) is 3. The third kappa shape index (κ3) is 4.01. The van der Waals surface area contributed by atoms with Gasteiger partial charge >= 0.3 is 0 Å². The van der Waals surface area contributed by atoms with Crippen LogP contribution in [0.25, 0.3) is 0 Å². The molecule has 0 heterocycles. The highest BCUT2D eigenvalue weighted by atomic mass is 35.5. The van der Waals surface area contributed by atoms with Crippen molar-refractivity contribution >= 4 is 21.6 Å². The number of hydrogen-bond donors (Lipinski definition) is 2. The lowest BCUT2D eigenvalue weighted by Gasteiger charge is -2.08. The zero-order valence-electron chi connectivity index (χ0n) is 10.9. The normalized spacial score (nSPS) is 11.6. The highest BCUT2D eigenvalue weighted by molar-refractivity contribution is 7.89. The van der Waals surface area contributed by atoms with E-state index in [4.69, 9.17) is 16.7 Å². The zero-order chi connectivity index (χ0) is 15.5. The fourth-order valence-corrected chi connectivity index (χ4v) is 3.01. The summed E-state index contributed by atoms with van der Waals surface area (Å²) in [6.45, 7) is -0.247. The highest BCUT2D eigenvalue weighted by Crippen LogP contribution is 2.17. The van der Waals surface area contributed by atoms with E-state index >= 15 is 0 Å². The third-order valence-corrected chi connectivity index (χ3v) is 4.53. The Kier molecular flexibility index (Phi) is 4.95. The Morgan fingerprint density at radius 3 is 2.57 bits per heavy atom. The molecule has 7 heteroatoms. The number of halogens is 2. The van der Waals surface area contributed by atoms with E-state index in [-0.39, 0.29) is 23.1 Å². The number of sulfonamides is 1. The van der Waals surface area contributed by atoms with Gasteiger partial charge in [0.2, 0.25) is 10.0 Å². The van der Waals surface area contributed by atoms with E-state index in [1.807, 2.05) is 0 Å². The minimum atomic E-state index is -3.71. The van der Waals surface area contributed by atoms with E-state index < -0.39 is 15.8 Å². The molecule has 2 rings (SSSR count). The van der Waals surface area contributed by atoms with Crippen LogP contribution in [0.5, 0.6) is 0 Å². The molecule has 0 unspecified atom stereocenters. The summed E-state index contributed by atoms with van der Waals surface area (Å²) in [7, 11) is -3.71. The van der Waals surface area contributed by atoms with Gasteiger partial charge in [-0.15, -0.1) is 0 Å². The predicted molar refractivity (Wildman–Crippen MR) is 77.8 cm³/mol. The van der Waals surface area contributed by atoms with Crippen molar-refractivity contribution in [2.45, 2.75) is 18.0 Å². The SMILES string of the molecule is O=S(=O)(NCc1ccc(F)c(Cl)c1)c1cccc(CO)c1. The molecular weight excluding hydrogens is 317 g/mol. The summed E-state index contributed by atoms with van der Waals surface area (Å²) >= 11 is 5.64. The Morgan fingerprint density at radius 1 is 1.14 bits per heavy atom. The lowest BCUT2D eigenvalue weighted by Crippen LogP contribution is -2.23. The topological polar surface area (TPSA) is 66.4 Å². The fraction of sp³-hybridized carbons (Fsp3) is 0.143. The van der Waals surface area contributed by atoms with Gasteiger partial charge in [-0.1, -0.05) is 29.8 Å².